The van der Waals surface area contributed by atoms with E-state index in [-0.39, 0.29) is 29.2 Å². The molecule has 0 aromatic carbocycles. The quantitative estimate of drug-likeness (QED) is 0.848. The van der Waals surface area contributed by atoms with Gasteiger partial charge in [-0.05, 0) is 50.3 Å². The van der Waals surface area contributed by atoms with Crippen molar-refractivity contribution in [1.29, 1.82) is 0 Å². The van der Waals surface area contributed by atoms with E-state index in [1.807, 2.05) is 30.3 Å². The molecule has 1 spiro atoms. The minimum absolute atomic E-state index is 0.0455. The summed E-state index contributed by atoms with van der Waals surface area (Å²) in [5, 5.41) is 3.48. The largest absolute Gasteiger partial charge is 0.370 e. The maximum Gasteiger partial charge on any atom is 0.223 e. The van der Waals surface area contributed by atoms with Crippen LogP contribution in [0.3, 0.4) is 0 Å². The van der Waals surface area contributed by atoms with Gasteiger partial charge in [-0.3, -0.25) is 14.6 Å². The third-order valence-corrected chi connectivity index (χ3v) is 5.83. The Labute approximate surface area is 142 Å². The van der Waals surface area contributed by atoms with Crippen LogP contribution in [0.5, 0.6) is 0 Å². The van der Waals surface area contributed by atoms with Crippen LogP contribution in [0.25, 0.3) is 0 Å². The van der Waals surface area contributed by atoms with Crippen molar-refractivity contribution >= 4 is 11.8 Å². The first-order valence-corrected chi connectivity index (χ1v) is 8.65. The van der Waals surface area contributed by atoms with Gasteiger partial charge in [0.1, 0.15) is 0 Å². The van der Waals surface area contributed by atoms with E-state index in [0.29, 0.717) is 13.0 Å². The van der Waals surface area contributed by atoms with Gasteiger partial charge in [0.25, 0.3) is 0 Å². The van der Waals surface area contributed by atoms with E-state index in [4.69, 9.17) is 5.73 Å². The summed E-state index contributed by atoms with van der Waals surface area (Å²) in [5.41, 5.74) is 6.24. The second-order valence-corrected chi connectivity index (χ2v) is 7.26. The Morgan fingerprint density at radius 1 is 1.33 bits per heavy atom. The predicted octanol–water partition coefficient (Wildman–Crippen LogP) is 1.16. The molecule has 2 amide bonds. The highest BCUT2D eigenvalue weighted by Crippen LogP contribution is 2.49. The molecule has 6 heteroatoms. The number of primary amides is 1. The molecule has 2 heterocycles. The minimum atomic E-state index is -0.350. The van der Waals surface area contributed by atoms with Crippen molar-refractivity contribution < 1.29 is 9.59 Å². The molecule has 1 saturated heterocycles. The van der Waals surface area contributed by atoms with Crippen LogP contribution in [-0.4, -0.2) is 41.8 Å². The van der Waals surface area contributed by atoms with Gasteiger partial charge in [-0.2, -0.15) is 0 Å². The first-order chi connectivity index (χ1) is 11.5. The van der Waals surface area contributed by atoms with E-state index in [1.54, 1.807) is 0 Å². The summed E-state index contributed by atoms with van der Waals surface area (Å²) in [5.74, 6) is -0.192. The molecular weight excluding hydrogens is 304 g/mol. The van der Waals surface area contributed by atoms with Crippen molar-refractivity contribution in [2.75, 3.05) is 20.1 Å². The lowest BCUT2D eigenvalue weighted by atomic mass is 9.66. The molecule has 130 valence electrons. The second-order valence-electron chi connectivity index (χ2n) is 7.26. The van der Waals surface area contributed by atoms with E-state index < -0.39 is 0 Å². The average molecular weight is 330 g/mol. The summed E-state index contributed by atoms with van der Waals surface area (Å²) >= 11 is 0. The molecule has 1 aromatic rings. The van der Waals surface area contributed by atoms with E-state index >= 15 is 0 Å². The van der Waals surface area contributed by atoms with E-state index in [9.17, 15) is 9.59 Å². The number of amides is 2. The molecule has 24 heavy (non-hydrogen) atoms. The van der Waals surface area contributed by atoms with Gasteiger partial charge in [-0.25, -0.2) is 0 Å². The molecule has 0 atom stereocenters. The maximum atomic E-state index is 12.3. The lowest BCUT2D eigenvalue weighted by Gasteiger charge is -2.44. The van der Waals surface area contributed by atoms with Gasteiger partial charge in [0.05, 0.1) is 11.2 Å². The zero-order chi connectivity index (χ0) is 17.2. The number of pyridine rings is 1. The average Bonchev–Trinajstić information content (AvgIpc) is 2.90. The number of carbonyl (C=O) groups is 2. The molecule has 2 fully saturated rings. The molecule has 0 unspecified atom stereocenters. The van der Waals surface area contributed by atoms with Crippen LogP contribution < -0.4 is 11.1 Å². The van der Waals surface area contributed by atoms with Gasteiger partial charge >= 0.3 is 0 Å². The monoisotopic (exact) mass is 330 g/mol. The zero-order valence-corrected chi connectivity index (χ0v) is 14.3. The summed E-state index contributed by atoms with van der Waals surface area (Å²) in [6, 6.07) is 6.04. The van der Waals surface area contributed by atoms with Crippen molar-refractivity contribution in [3.63, 3.8) is 0 Å². The van der Waals surface area contributed by atoms with Crippen LogP contribution in [0.15, 0.2) is 24.4 Å². The third kappa shape index (κ3) is 3.15. The molecular formula is C18H26N4O2. The normalized spacial score (nSPS) is 30.0. The lowest BCUT2D eigenvalue weighted by Crippen LogP contribution is -2.47. The first kappa shape index (κ1) is 16.9. The van der Waals surface area contributed by atoms with Gasteiger partial charge in [0.15, 0.2) is 0 Å². The fourth-order valence-corrected chi connectivity index (χ4v) is 4.25. The summed E-state index contributed by atoms with van der Waals surface area (Å²) in [6.45, 7) is 1.20. The van der Waals surface area contributed by atoms with Crippen LogP contribution in [0.2, 0.25) is 0 Å². The summed E-state index contributed by atoms with van der Waals surface area (Å²) in [6.07, 6.45) is 6.59. The zero-order valence-electron chi connectivity index (χ0n) is 14.3. The van der Waals surface area contributed by atoms with Crippen molar-refractivity contribution in [3.05, 3.63) is 30.1 Å². The molecule has 6 nitrogen and oxygen atoms in total. The first-order valence-electron chi connectivity index (χ1n) is 8.65. The van der Waals surface area contributed by atoms with Crippen molar-refractivity contribution in [1.82, 2.24) is 15.2 Å². The number of carbonyl (C=O) groups excluding carboxylic acids is 2. The highest BCUT2D eigenvalue weighted by molar-refractivity contribution is 5.80. The van der Waals surface area contributed by atoms with Gasteiger partial charge in [-0.15, -0.1) is 0 Å². The van der Waals surface area contributed by atoms with Crippen LogP contribution >= 0.6 is 0 Å². The van der Waals surface area contributed by atoms with Crippen LogP contribution in [0, 0.1) is 5.41 Å². The van der Waals surface area contributed by atoms with E-state index in [0.717, 1.165) is 37.9 Å². The fraction of sp³-hybridized carbons (Fsp3) is 0.611. The lowest BCUT2D eigenvalue weighted by molar-refractivity contribution is -0.128. The predicted molar refractivity (Wildman–Crippen MR) is 90.9 cm³/mol. The smallest absolute Gasteiger partial charge is 0.223 e. The number of likely N-dealkylation sites (tertiary alicyclic amines) is 1. The molecule has 0 bridgehead atoms. The Balaban J connectivity index is 1.68. The van der Waals surface area contributed by atoms with Gasteiger partial charge < -0.3 is 16.0 Å². The van der Waals surface area contributed by atoms with Crippen LogP contribution in [0.1, 0.15) is 44.2 Å². The van der Waals surface area contributed by atoms with Gasteiger partial charge in [0, 0.05) is 32.1 Å². The summed E-state index contributed by atoms with van der Waals surface area (Å²) < 4.78 is 0. The number of nitrogens with one attached hydrogen (secondary N) is 1. The summed E-state index contributed by atoms with van der Waals surface area (Å²) in [7, 11) is 1.99. The van der Waals surface area contributed by atoms with Crippen molar-refractivity contribution in [2.45, 2.75) is 44.1 Å². The third-order valence-electron chi connectivity index (χ3n) is 5.83. The molecule has 3 rings (SSSR count). The van der Waals surface area contributed by atoms with E-state index in [2.05, 4.69) is 16.4 Å². The minimum Gasteiger partial charge on any atom is -0.370 e. The van der Waals surface area contributed by atoms with Crippen LogP contribution in [-0.2, 0) is 15.1 Å². The van der Waals surface area contributed by atoms with Gasteiger partial charge in [-0.1, -0.05) is 6.07 Å². The Kier molecular flexibility index (Phi) is 4.58. The fourth-order valence-electron chi connectivity index (χ4n) is 4.25. The number of hydrogen-bond acceptors (Lipinski definition) is 4. The Hall–Kier alpha value is -1.95. The number of nitrogens with two attached hydrogens (primary N) is 1. The standard InChI is InChI=1S/C18H26N4O2/c1-20-18(14-4-2-3-10-21-14)8-6-17(7-9-18)12-16(24)22(13-17)11-5-15(19)23/h2-4,10,20H,5-9,11-13H2,1H3,(H2,19,23). The Morgan fingerprint density at radius 3 is 2.67 bits per heavy atom. The molecule has 1 aliphatic carbocycles. The molecule has 2 aliphatic rings. The Bertz CT molecular complexity index is 609. The topological polar surface area (TPSA) is 88.3 Å². The van der Waals surface area contributed by atoms with Crippen LogP contribution in [0.4, 0.5) is 0 Å². The Morgan fingerprint density at radius 2 is 2.08 bits per heavy atom. The molecule has 1 saturated carbocycles. The number of aromatic nitrogens is 1. The van der Waals surface area contributed by atoms with Crippen molar-refractivity contribution in [2.24, 2.45) is 11.1 Å². The highest BCUT2D eigenvalue weighted by Gasteiger charge is 2.49. The highest BCUT2D eigenvalue weighted by atomic mass is 16.2. The number of nitrogens with zero attached hydrogens (tertiary/aromatic N) is 2. The van der Waals surface area contributed by atoms with Gasteiger partial charge in [0.2, 0.25) is 11.8 Å². The number of rotatable bonds is 5. The molecule has 3 N–H and O–H groups in total. The maximum absolute atomic E-state index is 12.3. The SMILES string of the molecule is CNC1(c2ccccn2)CCC2(CC1)CC(=O)N(CCC(N)=O)C2. The molecule has 1 aliphatic heterocycles. The number of hydrogen-bond donors (Lipinski definition) is 2. The second kappa shape index (κ2) is 6.51. The molecule has 1 aromatic heterocycles. The van der Waals surface area contributed by atoms with Crippen molar-refractivity contribution in [3.8, 4) is 0 Å². The summed E-state index contributed by atoms with van der Waals surface area (Å²) in [4.78, 5) is 29.7. The molecule has 0 radical (unpaired) electrons. The van der Waals surface area contributed by atoms with E-state index in [1.165, 1.54) is 0 Å².